The number of nitrogens with two attached hydrogens (primary N) is 1. The molecule has 1 amide bonds. The van der Waals surface area contributed by atoms with Crippen molar-refractivity contribution < 1.29 is 10.0 Å². The Hall–Kier alpha value is -1.26. The van der Waals surface area contributed by atoms with Gasteiger partial charge in [-0.15, -0.1) is 0 Å². The molecule has 1 aliphatic rings. The molecule has 5 nitrogen and oxygen atoms in total. The molecule has 0 radical (unpaired) electrons. The maximum atomic E-state index is 12.0. The molecule has 0 aromatic heterocycles. The van der Waals surface area contributed by atoms with Crippen molar-refractivity contribution in [2.24, 2.45) is 28.6 Å². The van der Waals surface area contributed by atoms with E-state index in [1.165, 1.54) is 0 Å². The lowest BCUT2D eigenvalue weighted by Gasteiger charge is -2.24. The molecule has 0 spiro atoms. The molecule has 3 N–H and O–H groups in total. The van der Waals surface area contributed by atoms with E-state index in [0.29, 0.717) is 12.5 Å². The maximum Gasteiger partial charge on any atom is 0.225 e. The molecule has 2 atom stereocenters. The number of hydrogen-bond donors (Lipinski definition) is 2. The van der Waals surface area contributed by atoms with Crippen molar-refractivity contribution in [2.75, 3.05) is 13.6 Å². The zero-order valence-electron chi connectivity index (χ0n) is 10.2. The lowest BCUT2D eigenvalue weighted by atomic mass is 10.0. The molecule has 16 heavy (non-hydrogen) atoms. The van der Waals surface area contributed by atoms with Gasteiger partial charge < -0.3 is 15.8 Å². The highest BCUT2D eigenvalue weighted by atomic mass is 16.4. The zero-order valence-corrected chi connectivity index (χ0v) is 10.2. The zero-order chi connectivity index (χ0) is 12.3. The van der Waals surface area contributed by atoms with E-state index in [1.54, 1.807) is 11.9 Å². The second-order valence-electron chi connectivity index (χ2n) is 4.77. The van der Waals surface area contributed by atoms with Crippen LogP contribution in [0.4, 0.5) is 0 Å². The largest absolute Gasteiger partial charge is 0.409 e. The van der Waals surface area contributed by atoms with Crippen molar-refractivity contribution in [1.29, 1.82) is 0 Å². The number of oxime groups is 1. The van der Waals surface area contributed by atoms with Crippen molar-refractivity contribution in [1.82, 2.24) is 4.90 Å². The predicted molar refractivity (Wildman–Crippen MR) is 62.1 cm³/mol. The summed E-state index contributed by atoms with van der Waals surface area (Å²) in [5, 5.41) is 11.5. The molecule has 2 unspecified atom stereocenters. The monoisotopic (exact) mass is 227 g/mol. The molecule has 0 bridgehead atoms. The van der Waals surface area contributed by atoms with Gasteiger partial charge in [0.2, 0.25) is 5.91 Å². The minimum Gasteiger partial charge on any atom is -0.409 e. The van der Waals surface area contributed by atoms with Gasteiger partial charge in [0.05, 0.1) is 0 Å². The van der Waals surface area contributed by atoms with Crippen LogP contribution in [0.3, 0.4) is 0 Å². The predicted octanol–water partition coefficient (Wildman–Crippen LogP) is 0.873. The molecule has 1 aliphatic carbocycles. The van der Waals surface area contributed by atoms with Crippen LogP contribution in [0.1, 0.15) is 26.7 Å². The topological polar surface area (TPSA) is 78.9 Å². The Morgan fingerprint density at radius 3 is 2.56 bits per heavy atom. The first-order valence-electron chi connectivity index (χ1n) is 5.69. The summed E-state index contributed by atoms with van der Waals surface area (Å²) >= 11 is 0. The smallest absolute Gasteiger partial charge is 0.225 e. The van der Waals surface area contributed by atoms with Crippen LogP contribution in [-0.4, -0.2) is 35.4 Å². The standard InChI is InChI=1S/C11H21N3O2/c1-7(10(12)13-16)6-14(3)11(15)8(2)9-4-5-9/h7-9,16H,4-6H2,1-3H3,(H2,12,13). The number of amidine groups is 1. The Morgan fingerprint density at radius 2 is 2.12 bits per heavy atom. The Labute approximate surface area is 96.3 Å². The van der Waals surface area contributed by atoms with Gasteiger partial charge in [-0.1, -0.05) is 19.0 Å². The Kier molecular flexibility index (Phi) is 4.15. The van der Waals surface area contributed by atoms with E-state index < -0.39 is 0 Å². The highest BCUT2D eigenvalue weighted by Gasteiger charge is 2.34. The second-order valence-corrected chi connectivity index (χ2v) is 4.77. The molecule has 0 saturated heterocycles. The first-order chi connectivity index (χ1) is 7.47. The molecule has 5 heteroatoms. The van der Waals surface area contributed by atoms with Crippen molar-refractivity contribution >= 4 is 11.7 Å². The number of carbonyl (C=O) groups excluding carboxylic acids is 1. The van der Waals surface area contributed by atoms with Crippen LogP contribution in [0.15, 0.2) is 5.16 Å². The van der Waals surface area contributed by atoms with E-state index in [-0.39, 0.29) is 23.6 Å². The van der Waals surface area contributed by atoms with Crippen LogP contribution in [-0.2, 0) is 4.79 Å². The first-order valence-corrected chi connectivity index (χ1v) is 5.69. The van der Waals surface area contributed by atoms with Crippen molar-refractivity contribution in [2.45, 2.75) is 26.7 Å². The van der Waals surface area contributed by atoms with Gasteiger partial charge in [-0.2, -0.15) is 0 Å². The summed E-state index contributed by atoms with van der Waals surface area (Å²) < 4.78 is 0. The van der Waals surface area contributed by atoms with Crippen LogP contribution in [0, 0.1) is 17.8 Å². The summed E-state index contributed by atoms with van der Waals surface area (Å²) in [4.78, 5) is 13.6. The van der Waals surface area contributed by atoms with Gasteiger partial charge in [0, 0.05) is 25.4 Å². The maximum absolute atomic E-state index is 12.0. The van der Waals surface area contributed by atoms with Gasteiger partial charge in [0.25, 0.3) is 0 Å². The Bertz CT molecular complexity index is 287. The van der Waals surface area contributed by atoms with Gasteiger partial charge in [0.15, 0.2) is 0 Å². The molecule has 0 aliphatic heterocycles. The molecule has 0 heterocycles. The first kappa shape index (κ1) is 12.8. The number of amides is 1. The van der Waals surface area contributed by atoms with E-state index in [9.17, 15) is 4.79 Å². The highest BCUT2D eigenvalue weighted by molar-refractivity contribution is 5.83. The van der Waals surface area contributed by atoms with Gasteiger partial charge in [-0.05, 0) is 18.8 Å². The van der Waals surface area contributed by atoms with Crippen LogP contribution in [0.25, 0.3) is 0 Å². The van der Waals surface area contributed by atoms with Gasteiger partial charge in [0.1, 0.15) is 5.84 Å². The second kappa shape index (κ2) is 5.18. The summed E-state index contributed by atoms with van der Waals surface area (Å²) in [6.45, 7) is 4.30. The molecule has 0 aromatic carbocycles. The van der Waals surface area contributed by atoms with Crippen molar-refractivity contribution in [3.05, 3.63) is 0 Å². The van der Waals surface area contributed by atoms with Crippen molar-refractivity contribution in [3.8, 4) is 0 Å². The summed E-state index contributed by atoms with van der Waals surface area (Å²) in [5.74, 6) is 0.864. The molecule has 0 aromatic rings. The average molecular weight is 227 g/mol. The average Bonchev–Trinajstić information content (AvgIpc) is 3.09. The molecule has 1 rings (SSSR count). The number of nitrogens with zero attached hydrogens (tertiary/aromatic N) is 2. The summed E-state index contributed by atoms with van der Waals surface area (Å²) in [6.07, 6.45) is 2.33. The summed E-state index contributed by atoms with van der Waals surface area (Å²) in [5.41, 5.74) is 5.48. The van der Waals surface area contributed by atoms with Crippen LogP contribution in [0.2, 0.25) is 0 Å². The number of rotatable bonds is 5. The highest BCUT2D eigenvalue weighted by Crippen LogP contribution is 2.37. The normalized spacial score (nSPS) is 20.3. The third-order valence-corrected chi connectivity index (χ3v) is 3.26. The Morgan fingerprint density at radius 1 is 1.56 bits per heavy atom. The van der Waals surface area contributed by atoms with E-state index in [1.807, 2.05) is 13.8 Å². The van der Waals surface area contributed by atoms with Gasteiger partial charge in [-0.25, -0.2) is 0 Å². The summed E-state index contributed by atoms with van der Waals surface area (Å²) in [6, 6.07) is 0. The van der Waals surface area contributed by atoms with Crippen LogP contribution >= 0.6 is 0 Å². The molecule has 1 fully saturated rings. The van der Waals surface area contributed by atoms with Gasteiger partial charge >= 0.3 is 0 Å². The SMILES string of the molecule is CC(CN(C)C(=O)C(C)C1CC1)C(N)=NO. The van der Waals surface area contributed by atoms with E-state index >= 15 is 0 Å². The van der Waals surface area contributed by atoms with Crippen LogP contribution in [0.5, 0.6) is 0 Å². The Balaban J connectivity index is 2.44. The third kappa shape index (κ3) is 3.12. The quantitative estimate of drug-likeness (QED) is 0.316. The van der Waals surface area contributed by atoms with E-state index in [0.717, 1.165) is 12.8 Å². The molecular formula is C11H21N3O2. The molecular weight excluding hydrogens is 206 g/mol. The third-order valence-electron chi connectivity index (χ3n) is 3.26. The number of carbonyl (C=O) groups is 1. The fraction of sp³-hybridized carbons (Fsp3) is 0.818. The lowest BCUT2D eigenvalue weighted by Crippen LogP contribution is -2.39. The summed E-state index contributed by atoms with van der Waals surface area (Å²) in [7, 11) is 1.77. The van der Waals surface area contributed by atoms with E-state index in [4.69, 9.17) is 10.9 Å². The minimum absolute atomic E-state index is 0.101. The van der Waals surface area contributed by atoms with Gasteiger partial charge in [-0.3, -0.25) is 4.79 Å². The molecule has 1 saturated carbocycles. The fourth-order valence-electron chi connectivity index (χ4n) is 1.84. The minimum atomic E-state index is -0.120. The van der Waals surface area contributed by atoms with E-state index in [2.05, 4.69) is 5.16 Å². The number of hydrogen-bond acceptors (Lipinski definition) is 3. The lowest BCUT2D eigenvalue weighted by molar-refractivity contribution is -0.134. The molecule has 92 valence electrons. The van der Waals surface area contributed by atoms with Crippen molar-refractivity contribution in [3.63, 3.8) is 0 Å². The van der Waals surface area contributed by atoms with Crippen LogP contribution < -0.4 is 5.73 Å². The fourth-order valence-corrected chi connectivity index (χ4v) is 1.84.